The number of hydrogen-bond donors (Lipinski definition) is 6. The molecule has 18 heavy (non-hydrogen) atoms. The van der Waals surface area contributed by atoms with Crippen molar-refractivity contribution in [2.45, 2.75) is 22.8 Å². The third-order valence-electron chi connectivity index (χ3n) is 2.71. The summed E-state index contributed by atoms with van der Waals surface area (Å²) >= 11 is 9.79. The molecule has 2 atom stereocenters. The Hall–Kier alpha value is -0.580. The number of rotatable bonds is 2. The van der Waals surface area contributed by atoms with E-state index in [4.69, 9.17) is 23.2 Å². The molecule has 1 aliphatic rings. The smallest absolute Gasteiger partial charge is 0.265 e. The molecule has 0 aromatic rings. The predicted octanol–water partition coefficient (Wildman–Crippen LogP) is -3.09. The standard InChI is InChI=1S/C8H8Cl2O8/c9-3(11)5(13)1-2-6(14,15)7(16,4(10)12)8(5,17)18/h1-2,13-18H. The molecule has 0 saturated heterocycles. The topological polar surface area (TPSA) is 156 Å². The van der Waals surface area contributed by atoms with Crippen LogP contribution < -0.4 is 0 Å². The van der Waals surface area contributed by atoms with Gasteiger partial charge in [0.1, 0.15) is 0 Å². The van der Waals surface area contributed by atoms with E-state index in [0.717, 1.165) is 0 Å². The van der Waals surface area contributed by atoms with E-state index >= 15 is 0 Å². The minimum Gasteiger partial charge on any atom is -0.372 e. The lowest BCUT2D eigenvalue weighted by atomic mass is 9.71. The van der Waals surface area contributed by atoms with Crippen molar-refractivity contribution in [3.8, 4) is 0 Å². The van der Waals surface area contributed by atoms with Crippen LogP contribution in [0.5, 0.6) is 0 Å². The van der Waals surface area contributed by atoms with Crippen LogP contribution in [-0.4, -0.2) is 63.9 Å². The number of halogens is 2. The van der Waals surface area contributed by atoms with Crippen LogP contribution in [0.25, 0.3) is 0 Å². The lowest BCUT2D eigenvalue weighted by Gasteiger charge is -2.50. The predicted molar refractivity (Wildman–Crippen MR) is 55.1 cm³/mol. The van der Waals surface area contributed by atoms with Gasteiger partial charge in [0.05, 0.1) is 0 Å². The molecule has 0 spiro atoms. The van der Waals surface area contributed by atoms with Crippen LogP contribution in [0.1, 0.15) is 0 Å². The highest BCUT2D eigenvalue weighted by atomic mass is 35.5. The zero-order valence-corrected chi connectivity index (χ0v) is 9.92. The number of hydrogen-bond acceptors (Lipinski definition) is 8. The van der Waals surface area contributed by atoms with Gasteiger partial charge in [0.25, 0.3) is 16.1 Å². The molecule has 1 aliphatic carbocycles. The van der Waals surface area contributed by atoms with E-state index in [-0.39, 0.29) is 12.2 Å². The first-order valence-corrected chi connectivity index (χ1v) is 5.04. The summed E-state index contributed by atoms with van der Waals surface area (Å²) in [6.07, 6.45) is 0.370. The summed E-state index contributed by atoms with van der Waals surface area (Å²) in [6.45, 7) is 0. The Morgan fingerprint density at radius 3 is 1.61 bits per heavy atom. The van der Waals surface area contributed by atoms with Gasteiger partial charge in [-0.05, 0) is 35.4 Å². The fourth-order valence-corrected chi connectivity index (χ4v) is 1.96. The summed E-state index contributed by atoms with van der Waals surface area (Å²) < 4.78 is 0. The largest absolute Gasteiger partial charge is 0.372 e. The Bertz CT molecular complexity index is 444. The van der Waals surface area contributed by atoms with E-state index in [0.29, 0.717) is 0 Å². The van der Waals surface area contributed by atoms with Gasteiger partial charge < -0.3 is 30.6 Å². The lowest BCUT2D eigenvalue weighted by molar-refractivity contribution is -0.380. The molecule has 2 unspecified atom stereocenters. The Balaban J connectivity index is 3.67. The molecular weight excluding hydrogens is 295 g/mol. The van der Waals surface area contributed by atoms with Crippen molar-refractivity contribution in [2.24, 2.45) is 0 Å². The average molecular weight is 303 g/mol. The molecule has 0 radical (unpaired) electrons. The molecule has 0 aliphatic heterocycles. The second kappa shape index (κ2) is 3.95. The van der Waals surface area contributed by atoms with Crippen molar-refractivity contribution in [2.75, 3.05) is 0 Å². The summed E-state index contributed by atoms with van der Waals surface area (Å²) in [5.74, 6) is -7.62. The molecule has 0 heterocycles. The average Bonchev–Trinajstić information content (AvgIpc) is 2.21. The zero-order valence-electron chi connectivity index (χ0n) is 8.41. The maximum Gasteiger partial charge on any atom is 0.265 e. The molecule has 0 aromatic heterocycles. The zero-order chi connectivity index (χ0) is 14.6. The molecule has 6 N–H and O–H groups in total. The number of carbonyl (C=O) groups excluding carboxylic acids is 2. The Morgan fingerprint density at radius 2 is 1.28 bits per heavy atom. The van der Waals surface area contributed by atoms with Crippen LogP contribution in [0.4, 0.5) is 0 Å². The highest BCUT2D eigenvalue weighted by Gasteiger charge is 2.76. The first kappa shape index (κ1) is 15.5. The molecule has 0 bridgehead atoms. The lowest BCUT2D eigenvalue weighted by Crippen LogP contribution is -2.80. The summed E-state index contributed by atoms with van der Waals surface area (Å²) in [5, 5.41) is 53.3. The van der Waals surface area contributed by atoms with Gasteiger partial charge in [0.2, 0.25) is 17.2 Å². The van der Waals surface area contributed by atoms with Crippen molar-refractivity contribution >= 4 is 33.7 Å². The van der Waals surface area contributed by atoms with Crippen molar-refractivity contribution in [1.29, 1.82) is 0 Å². The van der Waals surface area contributed by atoms with Crippen LogP contribution >= 0.6 is 23.2 Å². The summed E-state index contributed by atoms with van der Waals surface area (Å²) in [7, 11) is 0. The van der Waals surface area contributed by atoms with Gasteiger partial charge in [-0.25, -0.2) is 0 Å². The van der Waals surface area contributed by atoms with Crippen LogP contribution in [0, 0.1) is 0 Å². The Kier molecular flexibility index (Phi) is 3.40. The quantitative estimate of drug-likeness (QED) is 0.178. The van der Waals surface area contributed by atoms with Crippen LogP contribution in [0.2, 0.25) is 0 Å². The van der Waals surface area contributed by atoms with Gasteiger partial charge in [-0.15, -0.1) is 0 Å². The molecular formula is C8H8Cl2O8. The third kappa shape index (κ3) is 1.55. The third-order valence-corrected chi connectivity index (χ3v) is 3.27. The fraction of sp³-hybridized carbons (Fsp3) is 0.500. The fourth-order valence-electron chi connectivity index (χ4n) is 1.49. The first-order chi connectivity index (χ1) is 7.84. The van der Waals surface area contributed by atoms with E-state index in [2.05, 4.69) is 0 Å². The molecule has 0 amide bonds. The Morgan fingerprint density at radius 1 is 0.833 bits per heavy atom. The van der Waals surface area contributed by atoms with E-state index in [1.807, 2.05) is 0 Å². The number of carbonyl (C=O) groups is 2. The minimum absolute atomic E-state index is 0.165. The molecule has 0 aromatic carbocycles. The van der Waals surface area contributed by atoms with Crippen LogP contribution in [0.15, 0.2) is 12.2 Å². The van der Waals surface area contributed by atoms with Gasteiger partial charge in [0.15, 0.2) is 0 Å². The van der Waals surface area contributed by atoms with E-state index < -0.39 is 33.3 Å². The summed E-state index contributed by atoms with van der Waals surface area (Å²) in [6, 6.07) is 0. The molecule has 0 saturated carbocycles. The van der Waals surface area contributed by atoms with Crippen molar-refractivity contribution in [3.63, 3.8) is 0 Å². The van der Waals surface area contributed by atoms with Crippen molar-refractivity contribution in [3.05, 3.63) is 12.2 Å². The number of aliphatic hydroxyl groups is 6. The minimum atomic E-state index is -4.07. The molecule has 10 heteroatoms. The van der Waals surface area contributed by atoms with E-state index in [9.17, 15) is 40.2 Å². The monoisotopic (exact) mass is 302 g/mol. The summed E-state index contributed by atoms with van der Waals surface area (Å²) in [4.78, 5) is 22.0. The van der Waals surface area contributed by atoms with Gasteiger partial charge >= 0.3 is 0 Å². The van der Waals surface area contributed by atoms with Gasteiger partial charge in [0, 0.05) is 0 Å². The maximum absolute atomic E-state index is 11.0. The van der Waals surface area contributed by atoms with Crippen LogP contribution in [0.3, 0.4) is 0 Å². The van der Waals surface area contributed by atoms with Gasteiger partial charge in [-0.2, -0.15) is 0 Å². The first-order valence-electron chi connectivity index (χ1n) is 4.29. The van der Waals surface area contributed by atoms with Crippen molar-refractivity contribution in [1.82, 2.24) is 0 Å². The van der Waals surface area contributed by atoms with E-state index in [1.165, 1.54) is 0 Å². The van der Waals surface area contributed by atoms with Crippen LogP contribution in [-0.2, 0) is 9.59 Å². The summed E-state index contributed by atoms with van der Waals surface area (Å²) in [5.41, 5.74) is -7.28. The normalized spacial score (nSPS) is 37.3. The highest BCUT2D eigenvalue weighted by Crippen LogP contribution is 2.45. The van der Waals surface area contributed by atoms with E-state index in [1.54, 1.807) is 0 Å². The molecule has 102 valence electrons. The van der Waals surface area contributed by atoms with Crippen molar-refractivity contribution < 1.29 is 40.2 Å². The maximum atomic E-state index is 11.0. The second-order valence-electron chi connectivity index (χ2n) is 3.76. The molecule has 1 rings (SSSR count). The second-order valence-corrected chi connectivity index (χ2v) is 4.44. The van der Waals surface area contributed by atoms with Gasteiger partial charge in [-0.3, -0.25) is 9.59 Å². The molecule has 0 fully saturated rings. The SMILES string of the molecule is O=C(Cl)C1(O)C=CC(O)(O)C(O)(C(=O)Cl)C1(O)O. The van der Waals surface area contributed by atoms with Gasteiger partial charge in [-0.1, -0.05) is 0 Å². The molecule has 8 nitrogen and oxygen atoms in total. The Labute approximate surface area is 109 Å². The highest BCUT2D eigenvalue weighted by molar-refractivity contribution is 6.67.